The maximum atomic E-state index is 6.70. The molecule has 5 heteroatoms. The molecule has 2 aliphatic heterocycles. The van der Waals surface area contributed by atoms with E-state index in [1.807, 2.05) is 12.1 Å². The number of fused-ring (bicyclic) bond motifs is 9. The van der Waals surface area contributed by atoms with Crippen molar-refractivity contribution in [2.24, 2.45) is 0 Å². The minimum atomic E-state index is -0.584. The summed E-state index contributed by atoms with van der Waals surface area (Å²) < 4.78 is 19.7. The standard InChI is InChI=1S/C37H32BNO3/c1-35(2)36(3,4)42-38(41-35)25-16-20-34-32(22-25)37(29-11-7-5-9-27(29)28-10-6-8-12-30(28)37)31-21-24(15-19-33(31)40-34)23-13-17-26(39)18-14-23/h5-22H,39H2,1-4H3. The first kappa shape index (κ1) is 25.4. The molecule has 8 rings (SSSR count). The second-order valence-electron chi connectivity index (χ2n) is 12.6. The molecule has 0 radical (unpaired) electrons. The molecule has 4 nitrogen and oxygen atoms in total. The number of anilines is 1. The van der Waals surface area contributed by atoms with Crippen LogP contribution in [-0.4, -0.2) is 18.3 Å². The smallest absolute Gasteiger partial charge is 0.457 e. The van der Waals surface area contributed by atoms with E-state index in [0.29, 0.717) is 0 Å². The quantitative estimate of drug-likeness (QED) is 0.177. The lowest BCUT2D eigenvalue weighted by molar-refractivity contribution is 0.00578. The van der Waals surface area contributed by atoms with Gasteiger partial charge >= 0.3 is 7.12 Å². The Kier molecular flexibility index (Phi) is 5.20. The highest BCUT2D eigenvalue weighted by Gasteiger charge is 2.54. The van der Waals surface area contributed by atoms with Crippen LogP contribution in [-0.2, 0) is 14.7 Å². The highest BCUT2D eigenvalue weighted by Crippen LogP contribution is 2.62. The van der Waals surface area contributed by atoms with Crippen LogP contribution in [0.1, 0.15) is 49.9 Å². The third kappa shape index (κ3) is 3.38. The molecule has 42 heavy (non-hydrogen) atoms. The molecule has 0 amide bonds. The van der Waals surface area contributed by atoms with Gasteiger partial charge in [0.2, 0.25) is 0 Å². The molecular formula is C37H32BNO3. The number of benzene rings is 5. The number of nitrogens with two attached hydrogens (primary N) is 1. The maximum Gasteiger partial charge on any atom is 0.494 e. The summed E-state index contributed by atoms with van der Waals surface area (Å²) in [5.74, 6) is 1.70. The van der Waals surface area contributed by atoms with Gasteiger partial charge in [0.05, 0.1) is 16.6 Å². The Hall–Kier alpha value is -4.32. The Morgan fingerprint density at radius 2 is 1.07 bits per heavy atom. The normalized spacial score (nSPS) is 18.1. The van der Waals surface area contributed by atoms with E-state index in [1.165, 1.54) is 22.3 Å². The van der Waals surface area contributed by atoms with E-state index in [-0.39, 0.29) is 0 Å². The highest BCUT2D eigenvalue weighted by molar-refractivity contribution is 6.62. The summed E-state index contributed by atoms with van der Waals surface area (Å²) in [5, 5.41) is 0. The van der Waals surface area contributed by atoms with Crippen LogP contribution in [0.4, 0.5) is 5.69 Å². The number of nitrogen functional groups attached to an aromatic ring is 1. The van der Waals surface area contributed by atoms with Gasteiger partial charge in [-0.15, -0.1) is 0 Å². The van der Waals surface area contributed by atoms with E-state index in [4.69, 9.17) is 19.8 Å². The average molecular weight is 549 g/mol. The Bertz CT molecular complexity index is 1830. The molecule has 2 heterocycles. The van der Waals surface area contributed by atoms with Crippen LogP contribution in [0, 0.1) is 0 Å². The molecule has 0 saturated carbocycles. The lowest BCUT2D eigenvalue weighted by Crippen LogP contribution is -2.41. The Balaban J connectivity index is 1.42. The van der Waals surface area contributed by atoms with E-state index >= 15 is 0 Å². The van der Waals surface area contributed by atoms with Crippen molar-refractivity contribution < 1.29 is 14.0 Å². The van der Waals surface area contributed by atoms with Crippen LogP contribution in [0.15, 0.2) is 109 Å². The second-order valence-corrected chi connectivity index (χ2v) is 12.6. The molecule has 1 aliphatic carbocycles. The summed E-state index contributed by atoms with van der Waals surface area (Å²) in [5.41, 5.74) is 15.7. The molecule has 0 aromatic heterocycles. The molecular weight excluding hydrogens is 517 g/mol. The Morgan fingerprint density at radius 1 is 0.548 bits per heavy atom. The third-order valence-electron chi connectivity index (χ3n) is 9.73. The monoisotopic (exact) mass is 549 g/mol. The van der Waals surface area contributed by atoms with Crippen molar-refractivity contribution in [2.45, 2.75) is 44.3 Å². The molecule has 1 spiro atoms. The van der Waals surface area contributed by atoms with Gasteiger partial charge in [-0.1, -0.05) is 78.9 Å². The van der Waals surface area contributed by atoms with Gasteiger partial charge in [-0.3, -0.25) is 0 Å². The first-order valence-electron chi connectivity index (χ1n) is 14.6. The van der Waals surface area contributed by atoms with E-state index in [0.717, 1.165) is 44.9 Å². The number of ether oxygens (including phenoxy) is 1. The topological polar surface area (TPSA) is 53.7 Å². The van der Waals surface area contributed by atoms with Crippen LogP contribution in [0.2, 0.25) is 0 Å². The predicted molar refractivity (Wildman–Crippen MR) is 169 cm³/mol. The van der Waals surface area contributed by atoms with Crippen LogP contribution < -0.4 is 15.9 Å². The van der Waals surface area contributed by atoms with Gasteiger partial charge in [-0.2, -0.15) is 0 Å². The maximum absolute atomic E-state index is 6.70. The Morgan fingerprint density at radius 3 is 1.69 bits per heavy atom. The van der Waals surface area contributed by atoms with Crippen molar-refractivity contribution in [1.29, 1.82) is 0 Å². The fourth-order valence-electron chi connectivity index (χ4n) is 6.90. The van der Waals surface area contributed by atoms with Crippen LogP contribution in [0.25, 0.3) is 22.3 Å². The number of hydrogen-bond acceptors (Lipinski definition) is 4. The summed E-state index contributed by atoms with van der Waals surface area (Å²) in [6.07, 6.45) is 0. The van der Waals surface area contributed by atoms with Gasteiger partial charge in [-0.25, -0.2) is 0 Å². The number of hydrogen-bond donors (Lipinski definition) is 1. The van der Waals surface area contributed by atoms with Crippen molar-refractivity contribution in [2.75, 3.05) is 5.73 Å². The first-order chi connectivity index (χ1) is 20.2. The van der Waals surface area contributed by atoms with Crippen molar-refractivity contribution >= 4 is 18.3 Å². The molecule has 2 N–H and O–H groups in total. The SMILES string of the molecule is CC1(C)OB(c2ccc3c(c2)C2(c4cc(-c5ccc(N)cc5)ccc4O3)c3ccccc3-c3ccccc32)OC1(C)C. The molecule has 1 saturated heterocycles. The van der Waals surface area contributed by atoms with Gasteiger partial charge in [0.15, 0.2) is 0 Å². The second kappa shape index (κ2) is 8.60. The van der Waals surface area contributed by atoms with E-state index in [2.05, 4.69) is 125 Å². The van der Waals surface area contributed by atoms with Gasteiger partial charge in [-0.05, 0) is 96.9 Å². The van der Waals surface area contributed by atoms with Crippen molar-refractivity contribution in [3.8, 4) is 33.8 Å². The fourth-order valence-corrected chi connectivity index (χ4v) is 6.90. The van der Waals surface area contributed by atoms with Gasteiger partial charge in [0, 0.05) is 16.8 Å². The minimum Gasteiger partial charge on any atom is -0.457 e. The van der Waals surface area contributed by atoms with Gasteiger partial charge < -0.3 is 19.8 Å². The Labute approximate surface area is 247 Å². The highest BCUT2D eigenvalue weighted by atomic mass is 16.7. The fraction of sp³-hybridized carbons (Fsp3) is 0.189. The van der Waals surface area contributed by atoms with Gasteiger partial charge in [0.25, 0.3) is 0 Å². The first-order valence-corrected chi connectivity index (χ1v) is 14.6. The molecule has 0 unspecified atom stereocenters. The predicted octanol–water partition coefficient (Wildman–Crippen LogP) is 7.70. The minimum absolute atomic E-state index is 0.436. The average Bonchev–Trinajstić information content (AvgIpc) is 3.40. The summed E-state index contributed by atoms with van der Waals surface area (Å²) in [7, 11) is -0.480. The summed E-state index contributed by atoms with van der Waals surface area (Å²) in [6.45, 7) is 8.37. The van der Waals surface area contributed by atoms with Gasteiger partial charge in [0.1, 0.15) is 11.5 Å². The molecule has 5 aromatic rings. The molecule has 1 fully saturated rings. The van der Waals surface area contributed by atoms with E-state index in [1.54, 1.807) is 0 Å². The lowest BCUT2D eigenvalue weighted by Gasteiger charge is -2.40. The zero-order valence-electron chi connectivity index (χ0n) is 24.3. The lowest BCUT2D eigenvalue weighted by atomic mass is 9.64. The molecule has 0 bridgehead atoms. The summed E-state index contributed by atoms with van der Waals surface area (Å²) >= 11 is 0. The van der Waals surface area contributed by atoms with Crippen molar-refractivity contribution in [3.63, 3.8) is 0 Å². The zero-order chi connectivity index (χ0) is 28.9. The van der Waals surface area contributed by atoms with Crippen molar-refractivity contribution in [3.05, 3.63) is 131 Å². The third-order valence-corrected chi connectivity index (χ3v) is 9.73. The zero-order valence-corrected chi connectivity index (χ0v) is 24.3. The number of rotatable bonds is 2. The molecule has 0 atom stereocenters. The van der Waals surface area contributed by atoms with Crippen LogP contribution in [0.3, 0.4) is 0 Å². The summed E-state index contributed by atoms with van der Waals surface area (Å²) in [6, 6.07) is 38.5. The molecule has 206 valence electrons. The molecule has 3 aliphatic rings. The molecule has 5 aromatic carbocycles. The van der Waals surface area contributed by atoms with Crippen LogP contribution in [0.5, 0.6) is 11.5 Å². The van der Waals surface area contributed by atoms with Crippen molar-refractivity contribution in [1.82, 2.24) is 0 Å². The largest absolute Gasteiger partial charge is 0.494 e. The van der Waals surface area contributed by atoms with E-state index < -0.39 is 23.7 Å². The summed E-state index contributed by atoms with van der Waals surface area (Å²) in [4.78, 5) is 0. The van der Waals surface area contributed by atoms with E-state index in [9.17, 15) is 0 Å². The van der Waals surface area contributed by atoms with Crippen LogP contribution >= 0.6 is 0 Å².